The number of Topliss-reactive ketones (excluding diaryl/α,β-unsaturated/α-hetero) is 1. The Balaban J connectivity index is 2.16. The molecule has 0 unspecified atom stereocenters. The van der Waals surface area contributed by atoms with Crippen molar-refractivity contribution in [3.8, 4) is 5.75 Å². The average Bonchev–Trinajstić information content (AvgIpc) is 2.42. The van der Waals surface area contributed by atoms with Crippen molar-refractivity contribution < 1.29 is 9.53 Å². The Morgan fingerprint density at radius 2 is 2.22 bits per heavy atom. The molecule has 1 aromatic carbocycles. The van der Waals surface area contributed by atoms with Crippen molar-refractivity contribution in [2.75, 3.05) is 7.11 Å². The van der Waals surface area contributed by atoms with Crippen molar-refractivity contribution in [3.05, 3.63) is 52.0 Å². The number of hydrogen-bond acceptors (Lipinski definition) is 2. The lowest BCUT2D eigenvalue weighted by atomic mass is 9.98. The Morgan fingerprint density at radius 1 is 1.39 bits per heavy atom. The summed E-state index contributed by atoms with van der Waals surface area (Å²) in [5.74, 6) is 0.925. The first-order valence-corrected chi connectivity index (χ1v) is 6.72. The number of carbonyl (C=O) groups excluding carboxylic acids is 1. The van der Waals surface area contributed by atoms with Crippen LogP contribution < -0.4 is 4.74 Å². The predicted octanol–water partition coefficient (Wildman–Crippen LogP) is 3.85. The maximum atomic E-state index is 12.1. The first-order chi connectivity index (χ1) is 8.70. The molecule has 1 aromatic rings. The Labute approximate surface area is 115 Å². The zero-order valence-electron chi connectivity index (χ0n) is 10.3. The monoisotopic (exact) mass is 306 g/mol. The number of allylic oxidation sites excluding steroid dienone is 4. The standard InChI is InChI=1S/C15H15BrO2/c1-18-13-7-8-14(16)12(9-13)10-15(17)11-5-3-2-4-6-11/h3,5-9H,2,4,10H2,1H3. The molecule has 3 heteroatoms. The third-order valence-electron chi connectivity index (χ3n) is 2.92. The van der Waals surface area contributed by atoms with Crippen LogP contribution in [-0.4, -0.2) is 12.9 Å². The minimum Gasteiger partial charge on any atom is -0.497 e. The van der Waals surface area contributed by atoms with E-state index in [4.69, 9.17) is 4.74 Å². The molecule has 0 spiro atoms. The largest absolute Gasteiger partial charge is 0.497 e. The summed E-state index contributed by atoms with van der Waals surface area (Å²) in [7, 11) is 1.63. The highest BCUT2D eigenvalue weighted by molar-refractivity contribution is 9.10. The number of methoxy groups -OCH3 is 1. The zero-order valence-corrected chi connectivity index (χ0v) is 11.9. The zero-order chi connectivity index (χ0) is 13.0. The number of ether oxygens (including phenoxy) is 1. The van der Waals surface area contributed by atoms with Crippen LogP contribution in [0.4, 0.5) is 0 Å². The highest BCUT2D eigenvalue weighted by atomic mass is 79.9. The fourth-order valence-electron chi connectivity index (χ4n) is 1.91. The molecule has 0 saturated heterocycles. The van der Waals surface area contributed by atoms with Gasteiger partial charge >= 0.3 is 0 Å². The molecule has 0 aromatic heterocycles. The van der Waals surface area contributed by atoms with Crippen LogP contribution >= 0.6 is 15.9 Å². The molecule has 2 nitrogen and oxygen atoms in total. The van der Waals surface area contributed by atoms with Gasteiger partial charge in [0.2, 0.25) is 0 Å². The smallest absolute Gasteiger partial charge is 0.166 e. The van der Waals surface area contributed by atoms with Crippen molar-refractivity contribution in [1.29, 1.82) is 0 Å². The Kier molecular flexibility index (Phi) is 4.37. The van der Waals surface area contributed by atoms with Crippen LogP contribution in [-0.2, 0) is 11.2 Å². The predicted molar refractivity (Wildman–Crippen MR) is 75.9 cm³/mol. The highest BCUT2D eigenvalue weighted by Crippen LogP contribution is 2.24. The minimum atomic E-state index is 0.153. The van der Waals surface area contributed by atoms with E-state index in [1.807, 2.05) is 36.4 Å². The number of benzene rings is 1. The first-order valence-electron chi connectivity index (χ1n) is 5.93. The second-order valence-corrected chi connectivity index (χ2v) is 5.05. The van der Waals surface area contributed by atoms with Gasteiger partial charge in [0, 0.05) is 16.5 Å². The van der Waals surface area contributed by atoms with E-state index in [0.717, 1.165) is 34.2 Å². The molecule has 0 amide bonds. The molecule has 94 valence electrons. The Hall–Kier alpha value is -1.35. The molecule has 18 heavy (non-hydrogen) atoms. The lowest BCUT2D eigenvalue weighted by Gasteiger charge is -2.09. The molecule has 0 saturated carbocycles. The van der Waals surface area contributed by atoms with E-state index >= 15 is 0 Å². The molecule has 0 atom stereocenters. The third-order valence-corrected chi connectivity index (χ3v) is 3.69. The first kappa shape index (κ1) is 13.1. The lowest BCUT2D eigenvalue weighted by molar-refractivity contribution is -0.114. The molecular formula is C15H15BrO2. The van der Waals surface area contributed by atoms with Crippen LogP contribution in [0.25, 0.3) is 0 Å². The van der Waals surface area contributed by atoms with Crippen molar-refractivity contribution in [3.63, 3.8) is 0 Å². The molecular weight excluding hydrogens is 292 g/mol. The van der Waals surface area contributed by atoms with Gasteiger partial charge in [0.25, 0.3) is 0 Å². The molecule has 1 aliphatic rings. The summed E-state index contributed by atoms with van der Waals surface area (Å²) in [5, 5.41) is 0. The van der Waals surface area contributed by atoms with E-state index in [0.29, 0.717) is 6.42 Å². The van der Waals surface area contributed by atoms with Gasteiger partial charge < -0.3 is 4.74 Å². The third kappa shape index (κ3) is 3.10. The number of ketones is 1. The summed E-state index contributed by atoms with van der Waals surface area (Å²) in [6.45, 7) is 0. The number of hydrogen-bond donors (Lipinski definition) is 0. The highest BCUT2D eigenvalue weighted by Gasteiger charge is 2.12. The van der Waals surface area contributed by atoms with Gasteiger partial charge in [0.05, 0.1) is 7.11 Å². The average molecular weight is 307 g/mol. The molecule has 0 bridgehead atoms. The Morgan fingerprint density at radius 3 is 2.89 bits per heavy atom. The van der Waals surface area contributed by atoms with Crippen LogP contribution in [0.3, 0.4) is 0 Å². The van der Waals surface area contributed by atoms with Gasteiger partial charge in [-0.2, -0.15) is 0 Å². The van der Waals surface area contributed by atoms with Crippen molar-refractivity contribution in [1.82, 2.24) is 0 Å². The van der Waals surface area contributed by atoms with Crippen LogP contribution in [0, 0.1) is 0 Å². The summed E-state index contributed by atoms with van der Waals surface area (Å²) in [4.78, 5) is 12.1. The van der Waals surface area contributed by atoms with Gasteiger partial charge in [-0.15, -0.1) is 0 Å². The molecule has 1 aliphatic carbocycles. The van der Waals surface area contributed by atoms with Gasteiger partial charge in [-0.1, -0.05) is 34.2 Å². The van der Waals surface area contributed by atoms with Crippen LogP contribution in [0.1, 0.15) is 18.4 Å². The maximum Gasteiger partial charge on any atom is 0.166 e. The van der Waals surface area contributed by atoms with Crippen molar-refractivity contribution >= 4 is 21.7 Å². The van der Waals surface area contributed by atoms with Crippen molar-refractivity contribution in [2.24, 2.45) is 0 Å². The summed E-state index contributed by atoms with van der Waals surface area (Å²) >= 11 is 3.47. The fraction of sp³-hybridized carbons (Fsp3) is 0.267. The van der Waals surface area contributed by atoms with Gasteiger partial charge in [0.15, 0.2) is 5.78 Å². The van der Waals surface area contributed by atoms with Gasteiger partial charge in [-0.05, 0) is 36.6 Å². The molecule has 0 fully saturated rings. The lowest BCUT2D eigenvalue weighted by Crippen LogP contribution is -2.07. The van der Waals surface area contributed by atoms with Crippen LogP contribution in [0.5, 0.6) is 5.75 Å². The van der Waals surface area contributed by atoms with Gasteiger partial charge in [-0.3, -0.25) is 4.79 Å². The van der Waals surface area contributed by atoms with E-state index in [9.17, 15) is 4.79 Å². The van der Waals surface area contributed by atoms with Crippen LogP contribution in [0.2, 0.25) is 0 Å². The van der Waals surface area contributed by atoms with Gasteiger partial charge in [-0.25, -0.2) is 0 Å². The SMILES string of the molecule is COc1ccc(Br)c(CC(=O)C2=CCCC=C2)c1. The van der Waals surface area contributed by atoms with E-state index in [2.05, 4.69) is 15.9 Å². The second-order valence-electron chi connectivity index (χ2n) is 4.20. The van der Waals surface area contributed by atoms with E-state index in [-0.39, 0.29) is 5.78 Å². The summed E-state index contributed by atoms with van der Waals surface area (Å²) in [5.41, 5.74) is 1.77. The quantitative estimate of drug-likeness (QED) is 0.844. The van der Waals surface area contributed by atoms with Crippen molar-refractivity contribution in [2.45, 2.75) is 19.3 Å². The summed E-state index contributed by atoms with van der Waals surface area (Å²) in [6.07, 6.45) is 8.36. The maximum absolute atomic E-state index is 12.1. The molecule has 0 radical (unpaired) electrons. The minimum absolute atomic E-state index is 0.153. The van der Waals surface area contributed by atoms with E-state index in [1.165, 1.54) is 0 Å². The molecule has 0 aliphatic heterocycles. The fourth-order valence-corrected chi connectivity index (χ4v) is 2.30. The van der Waals surface area contributed by atoms with E-state index in [1.54, 1.807) is 7.11 Å². The van der Waals surface area contributed by atoms with Crippen LogP contribution in [0.15, 0.2) is 46.5 Å². The summed E-state index contributed by atoms with van der Waals surface area (Å²) in [6, 6.07) is 5.68. The Bertz CT molecular complexity index is 515. The van der Waals surface area contributed by atoms with Gasteiger partial charge in [0.1, 0.15) is 5.75 Å². The molecule has 0 N–H and O–H groups in total. The molecule has 2 rings (SSSR count). The number of carbonyl (C=O) groups is 1. The molecule has 0 heterocycles. The summed E-state index contributed by atoms with van der Waals surface area (Å²) < 4.78 is 6.12. The topological polar surface area (TPSA) is 26.3 Å². The normalized spacial score (nSPS) is 14.2. The second kappa shape index (κ2) is 6.01. The number of rotatable bonds is 4. The number of halogens is 1. The van der Waals surface area contributed by atoms with E-state index < -0.39 is 0 Å².